The predicted octanol–water partition coefficient (Wildman–Crippen LogP) is 3.56. The molecule has 0 bridgehead atoms. The van der Waals surface area contributed by atoms with E-state index in [4.69, 9.17) is 4.74 Å². The van der Waals surface area contributed by atoms with Crippen molar-refractivity contribution in [3.05, 3.63) is 44.7 Å². The molecule has 0 spiro atoms. The van der Waals surface area contributed by atoms with Crippen LogP contribution in [0.5, 0.6) is 5.75 Å². The van der Waals surface area contributed by atoms with Gasteiger partial charge in [0.15, 0.2) is 6.61 Å². The van der Waals surface area contributed by atoms with E-state index in [-0.39, 0.29) is 18.4 Å². The molecule has 28 heavy (non-hydrogen) atoms. The molecule has 1 aliphatic carbocycles. The van der Waals surface area contributed by atoms with Crippen LogP contribution >= 0.6 is 11.3 Å². The van der Waals surface area contributed by atoms with Gasteiger partial charge in [-0.25, -0.2) is 0 Å². The molecule has 0 unspecified atom stereocenters. The number of hydrogen-bond acceptors (Lipinski definition) is 6. The zero-order valence-electron chi connectivity index (χ0n) is 15.6. The average Bonchev–Trinajstić information content (AvgIpc) is 3.31. The summed E-state index contributed by atoms with van der Waals surface area (Å²) in [7, 11) is 0. The molecule has 1 N–H and O–H groups in total. The summed E-state index contributed by atoms with van der Waals surface area (Å²) in [6, 6.07) is 5.35. The summed E-state index contributed by atoms with van der Waals surface area (Å²) in [5, 5.41) is 6.72. The third-order valence-corrected chi connectivity index (χ3v) is 6.34. The van der Waals surface area contributed by atoms with Gasteiger partial charge in [0.05, 0.1) is 5.00 Å². The van der Waals surface area contributed by atoms with Gasteiger partial charge in [0.25, 0.3) is 5.91 Å². The van der Waals surface area contributed by atoms with E-state index in [0.717, 1.165) is 47.4 Å². The molecular weight excluding hydrogens is 378 g/mol. The van der Waals surface area contributed by atoms with Crippen LogP contribution in [0.2, 0.25) is 0 Å². The zero-order valence-corrected chi connectivity index (χ0v) is 16.4. The van der Waals surface area contributed by atoms with Crippen LogP contribution in [0.3, 0.4) is 0 Å². The summed E-state index contributed by atoms with van der Waals surface area (Å²) in [4.78, 5) is 37.8. The first-order valence-electron chi connectivity index (χ1n) is 9.33. The number of ether oxygens (including phenoxy) is 1. The summed E-state index contributed by atoms with van der Waals surface area (Å²) in [6.45, 7) is 2.62. The highest BCUT2D eigenvalue weighted by Crippen LogP contribution is 2.37. The van der Waals surface area contributed by atoms with Crippen molar-refractivity contribution in [1.29, 1.82) is 0 Å². The maximum atomic E-state index is 12.7. The molecule has 4 rings (SSSR count). The lowest BCUT2D eigenvalue weighted by Gasteiger charge is -2.27. The van der Waals surface area contributed by atoms with Gasteiger partial charge < -0.3 is 15.0 Å². The monoisotopic (exact) mass is 399 g/mol. The molecule has 1 aromatic heterocycles. The number of thiophene rings is 1. The molecule has 1 aliphatic heterocycles. The molecule has 146 valence electrons. The van der Waals surface area contributed by atoms with E-state index in [9.17, 15) is 14.5 Å². The Balaban J connectivity index is 1.40. The lowest BCUT2D eigenvalue weighted by molar-refractivity contribution is -0.134. The summed E-state index contributed by atoms with van der Waals surface area (Å²) < 4.78 is 5.82. The van der Waals surface area contributed by atoms with Crippen molar-refractivity contribution in [3.63, 3.8) is 0 Å². The number of benzene rings is 1. The van der Waals surface area contributed by atoms with Gasteiger partial charge in [-0.1, -0.05) is 0 Å². The van der Waals surface area contributed by atoms with E-state index in [1.54, 1.807) is 28.4 Å². The minimum absolute atomic E-state index is 0.0294. The summed E-state index contributed by atoms with van der Waals surface area (Å²) in [6.07, 6.45) is 3.41. The fourth-order valence-electron chi connectivity index (χ4n) is 3.89. The molecule has 2 heterocycles. The maximum Gasteiger partial charge on any atom is 0.260 e. The van der Waals surface area contributed by atoms with Crippen LogP contribution in [0, 0.1) is 4.91 Å². The van der Waals surface area contributed by atoms with E-state index in [0.29, 0.717) is 24.5 Å². The molecule has 0 saturated heterocycles. The Hall–Kier alpha value is -2.74. The van der Waals surface area contributed by atoms with Gasteiger partial charge in [0, 0.05) is 24.9 Å². The molecule has 0 radical (unpaired) electrons. The Morgan fingerprint density at radius 1 is 1.25 bits per heavy atom. The third kappa shape index (κ3) is 3.64. The highest BCUT2D eigenvalue weighted by molar-refractivity contribution is 7.16. The van der Waals surface area contributed by atoms with E-state index in [1.807, 2.05) is 6.07 Å². The van der Waals surface area contributed by atoms with Crippen LogP contribution in [-0.2, 0) is 35.4 Å². The standard InChI is InChI=1S/C20H21N3O4S/c1-12(24)21-19-9-13-10-23(8-7-18(13)28-19)20(25)11-27-17-6-5-16(22-26)14-3-2-4-15(14)17/h5-6,9H,2-4,7-8,10-11H2,1H3,(H,21,24). The van der Waals surface area contributed by atoms with Gasteiger partial charge in [0.2, 0.25) is 5.91 Å². The van der Waals surface area contributed by atoms with Crippen molar-refractivity contribution >= 4 is 33.8 Å². The Kier molecular flexibility index (Phi) is 5.13. The van der Waals surface area contributed by atoms with Gasteiger partial charge in [-0.15, -0.1) is 16.2 Å². The maximum absolute atomic E-state index is 12.7. The molecule has 7 nitrogen and oxygen atoms in total. The van der Waals surface area contributed by atoms with Crippen LogP contribution in [-0.4, -0.2) is 29.9 Å². The number of amides is 2. The molecule has 0 atom stereocenters. The van der Waals surface area contributed by atoms with E-state index in [1.165, 1.54) is 11.8 Å². The van der Waals surface area contributed by atoms with E-state index >= 15 is 0 Å². The molecule has 2 aliphatic rings. The SMILES string of the molecule is CC(=O)Nc1cc2c(s1)CCN(C(=O)COc1ccc(N=O)c3c1CCC3)C2. The number of anilines is 1. The number of carbonyl (C=O) groups is 2. The Morgan fingerprint density at radius 3 is 2.86 bits per heavy atom. The number of hydrogen-bond donors (Lipinski definition) is 1. The Labute approximate surface area is 166 Å². The second-order valence-corrected chi connectivity index (χ2v) is 8.22. The average molecular weight is 399 g/mol. The number of nitrogens with zero attached hydrogens (tertiary/aromatic N) is 2. The number of nitrogens with one attached hydrogen (secondary N) is 1. The first kappa shape index (κ1) is 18.6. The topological polar surface area (TPSA) is 88.1 Å². The van der Waals surface area contributed by atoms with Crippen LogP contribution in [0.25, 0.3) is 0 Å². The number of rotatable bonds is 5. The number of carbonyl (C=O) groups excluding carboxylic acids is 2. The van der Waals surface area contributed by atoms with Crippen LogP contribution in [0.1, 0.15) is 34.9 Å². The summed E-state index contributed by atoms with van der Waals surface area (Å²) >= 11 is 1.57. The van der Waals surface area contributed by atoms with Crippen molar-refractivity contribution < 1.29 is 14.3 Å². The highest BCUT2D eigenvalue weighted by atomic mass is 32.1. The number of fused-ring (bicyclic) bond motifs is 2. The molecule has 2 amide bonds. The van der Waals surface area contributed by atoms with Gasteiger partial charge in [0.1, 0.15) is 11.4 Å². The van der Waals surface area contributed by atoms with Crippen LogP contribution < -0.4 is 10.1 Å². The lowest BCUT2D eigenvalue weighted by atomic mass is 10.1. The second-order valence-electron chi connectivity index (χ2n) is 7.08. The van der Waals surface area contributed by atoms with Crippen LogP contribution in [0.15, 0.2) is 23.4 Å². The molecular formula is C20H21N3O4S. The van der Waals surface area contributed by atoms with Crippen molar-refractivity contribution in [2.24, 2.45) is 5.18 Å². The third-order valence-electron chi connectivity index (χ3n) is 5.19. The Bertz CT molecular complexity index is 953. The fraction of sp³-hybridized carbons (Fsp3) is 0.400. The minimum atomic E-state index is -0.0942. The van der Waals surface area contributed by atoms with Gasteiger partial charge >= 0.3 is 0 Å². The smallest absolute Gasteiger partial charge is 0.260 e. The van der Waals surface area contributed by atoms with Crippen molar-refractivity contribution in [2.45, 2.75) is 39.2 Å². The lowest BCUT2D eigenvalue weighted by Crippen LogP contribution is -2.38. The second kappa shape index (κ2) is 7.71. The zero-order chi connectivity index (χ0) is 19.7. The van der Waals surface area contributed by atoms with Crippen LogP contribution in [0.4, 0.5) is 10.7 Å². The normalized spacial score (nSPS) is 15.0. The van der Waals surface area contributed by atoms with Gasteiger partial charge in [-0.05, 0) is 65.7 Å². The molecule has 0 fully saturated rings. The van der Waals surface area contributed by atoms with E-state index < -0.39 is 0 Å². The first-order chi connectivity index (χ1) is 13.5. The quantitative estimate of drug-likeness (QED) is 0.779. The van der Waals surface area contributed by atoms with Crippen molar-refractivity contribution in [2.75, 3.05) is 18.5 Å². The van der Waals surface area contributed by atoms with Gasteiger partial charge in [-0.3, -0.25) is 9.59 Å². The van der Waals surface area contributed by atoms with Crippen molar-refractivity contribution in [3.8, 4) is 5.75 Å². The summed E-state index contributed by atoms with van der Waals surface area (Å²) in [5.74, 6) is 0.514. The molecule has 2 aromatic rings. The molecule has 8 heteroatoms. The summed E-state index contributed by atoms with van der Waals surface area (Å²) in [5.41, 5.74) is 3.51. The largest absolute Gasteiger partial charge is 0.483 e. The minimum Gasteiger partial charge on any atom is -0.483 e. The fourth-order valence-corrected chi connectivity index (χ4v) is 5.00. The highest BCUT2D eigenvalue weighted by Gasteiger charge is 2.25. The van der Waals surface area contributed by atoms with Gasteiger partial charge in [-0.2, -0.15) is 0 Å². The molecule has 1 aromatic carbocycles. The van der Waals surface area contributed by atoms with E-state index in [2.05, 4.69) is 10.5 Å². The first-order valence-corrected chi connectivity index (χ1v) is 10.1. The predicted molar refractivity (Wildman–Crippen MR) is 107 cm³/mol. The number of nitroso groups, excluding NO2 is 1. The molecule has 0 saturated carbocycles. The van der Waals surface area contributed by atoms with Crippen molar-refractivity contribution in [1.82, 2.24) is 4.90 Å². The Morgan fingerprint density at radius 2 is 2.07 bits per heavy atom.